The molecule has 0 radical (unpaired) electrons. The average molecular weight is 411 g/mol. The van der Waals surface area contributed by atoms with E-state index in [9.17, 15) is 22.0 Å². The van der Waals surface area contributed by atoms with Crippen LogP contribution in [0.5, 0.6) is 5.75 Å². The Bertz CT molecular complexity index is 980. The molecule has 3 rings (SSSR count). The summed E-state index contributed by atoms with van der Waals surface area (Å²) < 4.78 is 64.2. The molecule has 150 valence electrons. The number of halogens is 2. The smallest absolute Gasteiger partial charge is 0.324 e. The van der Waals surface area contributed by atoms with Crippen LogP contribution in [-0.4, -0.2) is 38.4 Å². The summed E-state index contributed by atoms with van der Waals surface area (Å²) in [5.41, 5.74) is 0.396. The van der Waals surface area contributed by atoms with Crippen molar-refractivity contribution in [2.45, 2.75) is 30.4 Å². The van der Waals surface area contributed by atoms with E-state index in [1.54, 1.807) is 0 Å². The van der Waals surface area contributed by atoms with Gasteiger partial charge in [-0.05, 0) is 42.7 Å². The molecule has 0 saturated carbocycles. The lowest BCUT2D eigenvalue weighted by Crippen LogP contribution is -2.41. The van der Waals surface area contributed by atoms with E-state index in [-0.39, 0.29) is 25.3 Å². The van der Waals surface area contributed by atoms with Gasteiger partial charge >= 0.3 is 5.97 Å². The molecule has 0 N–H and O–H groups in total. The molecule has 0 aliphatic carbocycles. The molecule has 1 atom stereocenters. The van der Waals surface area contributed by atoms with Crippen LogP contribution >= 0.6 is 0 Å². The predicted octanol–water partition coefficient (Wildman–Crippen LogP) is 2.87. The topological polar surface area (TPSA) is 72.9 Å². The van der Waals surface area contributed by atoms with Gasteiger partial charge in [-0.25, -0.2) is 17.2 Å². The molecule has 2 aromatic rings. The van der Waals surface area contributed by atoms with Gasteiger partial charge in [0.1, 0.15) is 23.4 Å². The van der Waals surface area contributed by atoms with Gasteiger partial charge in [0.05, 0.1) is 7.11 Å². The molecule has 1 fully saturated rings. The third-order valence-corrected chi connectivity index (χ3v) is 6.44. The second kappa shape index (κ2) is 8.24. The standard InChI is InChI=1S/C19H19F2NO5S/c1-26-17-9-8-13(11-15(17)21)12-27-19(23)16-6-4-10-22(16)28(24,25)18-7-3-2-5-14(18)20/h2-3,5,7-9,11,16H,4,6,10,12H2,1H3/t16-/m0/s1. The van der Waals surface area contributed by atoms with Gasteiger partial charge in [-0.2, -0.15) is 4.31 Å². The number of hydrogen-bond acceptors (Lipinski definition) is 5. The van der Waals surface area contributed by atoms with Crippen molar-refractivity contribution in [3.63, 3.8) is 0 Å². The normalized spacial score (nSPS) is 17.5. The van der Waals surface area contributed by atoms with Crippen molar-refractivity contribution in [2.24, 2.45) is 0 Å². The van der Waals surface area contributed by atoms with E-state index in [4.69, 9.17) is 9.47 Å². The fourth-order valence-corrected chi connectivity index (χ4v) is 4.81. The minimum absolute atomic E-state index is 0.0630. The van der Waals surface area contributed by atoms with Crippen LogP contribution in [0, 0.1) is 11.6 Å². The van der Waals surface area contributed by atoms with Crippen molar-refractivity contribution in [1.29, 1.82) is 0 Å². The van der Waals surface area contributed by atoms with Gasteiger partial charge in [0.15, 0.2) is 11.6 Å². The minimum atomic E-state index is -4.18. The molecule has 0 unspecified atom stereocenters. The highest BCUT2D eigenvalue weighted by atomic mass is 32.2. The van der Waals surface area contributed by atoms with Gasteiger partial charge in [0, 0.05) is 6.54 Å². The number of esters is 1. The lowest BCUT2D eigenvalue weighted by Gasteiger charge is -2.23. The van der Waals surface area contributed by atoms with E-state index >= 15 is 0 Å². The maximum Gasteiger partial charge on any atom is 0.324 e. The summed E-state index contributed by atoms with van der Waals surface area (Å²) >= 11 is 0. The molecule has 0 spiro atoms. The number of sulfonamides is 1. The van der Waals surface area contributed by atoms with Gasteiger partial charge in [0.25, 0.3) is 0 Å². The number of methoxy groups -OCH3 is 1. The zero-order chi connectivity index (χ0) is 20.3. The van der Waals surface area contributed by atoms with E-state index in [0.717, 1.165) is 16.4 Å². The first kappa shape index (κ1) is 20.2. The highest BCUT2D eigenvalue weighted by Crippen LogP contribution is 2.28. The molecular formula is C19H19F2NO5S. The Morgan fingerprint density at radius 3 is 2.61 bits per heavy atom. The number of hydrogen-bond donors (Lipinski definition) is 0. The Balaban J connectivity index is 1.73. The molecule has 6 nitrogen and oxygen atoms in total. The number of rotatable bonds is 6. The van der Waals surface area contributed by atoms with E-state index in [1.807, 2.05) is 0 Å². The summed E-state index contributed by atoms with van der Waals surface area (Å²) in [6.45, 7) is -0.128. The Hall–Kier alpha value is -2.52. The van der Waals surface area contributed by atoms with Crippen LogP contribution in [0.3, 0.4) is 0 Å². The van der Waals surface area contributed by atoms with Crippen LogP contribution < -0.4 is 4.74 Å². The highest BCUT2D eigenvalue weighted by molar-refractivity contribution is 7.89. The summed E-state index contributed by atoms with van der Waals surface area (Å²) in [7, 11) is -2.85. The minimum Gasteiger partial charge on any atom is -0.494 e. The van der Waals surface area contributed by atoms with Crippen LogP contribution in [0.15, 0.2) is 47.4 Å². The van der Waals surface area contributed by atoms with E-state index in [2.05, 4.69) is 0 Å². The lowest BCUT2D eigenvalue weighted by atomic mass is 10.2. The Morgan fingerprint density at radius 2 is 1.93 bits per heavy atom. The fraction of sp³-hybridized carbons (Fsp3) is 0.316. The van der Waals surface area contributed by atoms with Crippen LogP contribution in [0.25, 0.3) is 0 Å². The van der Waals surface area contributed by atoms with Gasteiger partial charge in [-0.3, -0.25) is 4.79 Å². The monoisotopic (exact) mass is 411 g/mol. The van der Waals surface area contributed by atoms with Crippen LogP contribution in [-0.2, 0) is 26.2 Å². The third-order valence-electron chi connectivity index (χ3n) is 4.50. The Labute approximate surface area is 161 Å². The largest absolute Gasteiger partial charge is 0.494 e. The van der Waals surface area contributed by atoms with Gasteiger partial charge < -0.3 is 9.47 Å². The molecule has 1 heterocycles. The van der Waals surface area contributed by atoms with Crippen molar-refractivity contribution in [3.05, 3.63) is 59.7 Å². The van der Waals surface area contributed by atoms with E-state index in [0.29, 0.717) is 12.0 Å². The summed E-state index contributed by atoms with van der Waals surface area (Å²) in [6.07, 6.45) is 0.716. The lowest BCUT2D eigenvalue weighted by molar-refractivity contribution is -0.148. The third kappa shape index (κ3) is 4.00. The fourth-order valence-electron chi connectivity index (χ4n) is 3.09. The molecule has 0 bridgehead atoms. The van der Waals surface area contributed by atoms with E-state index < -0.39 is 38.6 Å². The summed E-state index contributed by atoms with van der Waals surface area (Å²) in [5, 5.41) is 0. The quantitative estimate of drug-likeness (QED) is 0.684. The van der Waals surface area contributed by atoms with Crippen molar-refractivity contribution in [2.75, 3.05) is 13.7 Å². The first-order valence-electron chi connectivity index (χ1n) is 8.60. The van der Waals surface area contributed by atoms with Gasteiger partial charge in [0.2, 0.25) is 10.0 Å². The van der Waals surface area contributed by atoms with Crippen LogP contribution in [0.2, 0.25) is 0 Å². The zero-order valence-electron chi connectivity index (χ0n) is 15.1. The van der Waals surface area contributed by atoms with Crippen molar-refractivity contribution >= 4 is 16.0 Å². The molecule has 2 aromatic carbocycles. The molecule has 0 amide bonds. The van der Waals surface area contributed by atoms with Crippen molar-refractivity contribution in [3.8, 4) is 5.75 Å². The second-order valence-electron chi connectivity index (χ2n) is 6.28. The molecule has 1 aliphatic rings. The molecule has 28 heavy (non-hydrogen) atoms. The Morgan fingerprint density at radius 1 is 1.18 bits per heavy atom. The molecule has 1 aliphatic heterocycles. The van der Waals surface area contributed by atoms with Crippen molar-refractivity contribution < 1.29 is 31.5 Å². The maximum atomic E-state index is 14.0. The van der Waals surface area contributed by atoms with Gasteiger partial charge in [-0.1, -0.05) is 18.2 Å². The van der Waals surface area contributed by atoms with Crippen LogP contribution in [0.4, 0.5) is 8.78 Å². The van der Waals surface area contributed by atoms with Gasteiger partial charge in [-0.15, -0.1) is 0 Å². The predicted molar refractivity (Wildman–Crippen MR) is 96.1 cm³/mol. The second-order valence-corrected chi connectivity index (χ2v) is 8.14. The van der Waals surface area contributed by atoms with Crippen LogP contribution in [0.1, 0.15) is 18.4 Å². The summed E-state index contributed by atoms with van der Waals surface area (Å²) in [4.78, 5) is 12.0. The number of benzene rings is 2. The first-order valence-corrected chi connectivity index (χ1v) is 10.0. The number of carbonyl (C=O) groups excluding carboxylic acids is 1. The number of carbonyl (C=O) groups is 1. The van der Waals surface area contributed by atoms with Crippen molar-refractivity contribution in [1.82, 2.24) is 4.31 Å². The first-order chi connectivity index (χ1) is 13.3. The average Bonchev–Trinajstić information content (AvgIpc) is 3.17. The molecular weight excluding hydrogens is 392 g/mol. The molecule has 0 aromatic heterocycles. The molecule has 1 saturated heterocycles. The highest BCUT2D eigenvalue weighted by Gasteiger charge is 2.41. The number of ether oxygens (including phenoxy) is 2. The number of nitrogens with zero attached hydrogens (tertiary/aromatic N) is 1. The maximum absolute atomic E-state index is 14.0. The SMILES string of the molecule is COc1ccc(COC(=O)[C@@H]2CCCN2S(=O)(=O)c2ccccc2F)cc1F. The summed E-state index contributed by atoms with van der Waals surface area (Å²) in [6, 6.07) is 8.08. The van der Waals surface area contributed by atoms with E-state index in [1.165, 1.54) is 37.4 Å². The zero-order valence-corrected chi connectivity index (χ0v) is 15.9. The summed E-state index contributed by atoms with van der Waals surface area (Å²) in [5.74, 6) is -2.17. The molecule has 9 heteroatoms. The Kier molecular flexibility index (Phi) is 5.95.